The molecule has 5 nitrogen and oxygen atoms in total. The van der Waals surface area contributed by atoms with E-state index in [2.05, 4.69) is 40.5 Å². The molecule has 0 atom stereocenters. The fourth-order valence-corrected chi connectivity index (χ4v) is 2.19. The van der Waals surface area contributed by atoms with Crippen molar-refractivity contribution in [2.45, 2.75) is 52.1 Å². The molecular weight excluding hydrogens is 250 g/mol. The molecule has 1 saturated carbocycles. The van der Waals surface area contributed by atoms with Crippen molar-refractivity contribution < 1.29 is 0 Å². The molecular formula is C15H21N5. The van der Waals surface area contributed by atoms with Gasteiger partial charge in [-0.25, -0.2) is 4.68 Å². The summed E-state index contributed by atoms with van der Waals surface area (Å²) >= 11 is 0. The van der Waals surface area contributed by atoms with Crippen molar-refractivity contribution in [3.05, 3.63) is 35.3 Å². The van der Waals surface area contributed by atoms with Gasteiger partial charge < -0.3 is 5.32 Å². The highest BCUT2D eigenvalue weighted by molar-refractivity contribution is 5.26. The monoisotopic (exact) mass is 271 g/mol. The summed E-state index contributed by atoms with van der Waals surface area (Å²) in [6, 6.07) is 6.87. The zero-order chi connectivity index (χ0) is 13.9. The molecule has 1 aliphatic carbocycles. The zero-order valence-corrected chi connectivity index (χ0v) is 12.1. The maximum absolute atomic E-state index is 4.58. The summed E-state index contributed by atoms with van der Waals surface area (Å²) in [4.78, 5) is 0. The Morgan fingerprint density at radius 1 is 1.15 bits per heavy atom. The number of rotatable bonds is 6. The molecule has 2 heterocycles. The first-order chi connectivity index (χ1) is 9.80. The summed E-state index contributed by atoms with van der Waals surface area (Å²) in [7, 11) is 0. The van der Waals surface area contributed by atoms with E-state index in [-0.39, 0.29) is 0 Å². The molecule has 1 N–H and O–H groups in total. The summed E-state index contributed by atoms with van der Waals surface area (Å²) in [5.41, 5.74) is 3.27. The van der Waals surface area contributed by atoms with E-state index in [9.17, 15) is 0 Å². The topological polar surface area (TPSA) is 55.6 Å². The van der Waals surface area contributed by atoms with Gasteiger partial charge in [0.2, 0.25) is 0 Å². The molecule has 20 heavy (non-hydrogen) atoms. The molecule has 0 aliphatic heterocycles. The smallest absolute Gasteiger partial charge is 0.175 e. The highest BCUT2D eigenvalue weighted by atomic mass is 15.3. The minimum Gasteiger partial charge on any atom is -0.308 e. The van der Waals surface area contributed by atoms with Gasteiger partial charge >= 0.3 is 0 Å². The molecule has 1 aliphatic rings. The summed E-state index contributed by atoms with van der Waals surface area (Å²) in [5, 5.41) is 16.6. The fraction of sp³-hybridized carbons (Fsp3) is 0.533. The summed E-state index contributed by atoms with van der Waals surface area (Å²) in [6.07, 6.45) is 4.47. The molecule has 2 aromatic rings. The van der Waals surface area contributed by atoms with Crippen molar-refractivity contribution >= 4 is 0 Å². The Morgan fingerprint density at radius 3 is 2.60 bits per heavy atom. The van der Waals surface area contributed by atoms with E-state index in [4.69, 9.17) is 0 Å². The third-order valence-electron chi connectivity index (χ3n) is 3.63. The second kappa shape index (κ2) is 5.71. The number of nitrogens with zero attached hydrogens (tertiary/aromatic N) is 4. The van der Waals surface area contributed by atoms with Gasteiger partial charge in [-0.3, -0.25) is 0 Å². The van der Waals surface area contributed by atoms with Crippen molar-refractivity contribution in [3.8, 4) is 5.82 Å². The van der Waals surface area contributed by atoms with Crippen molar-refractivity contribution in [3.63, 3.8) is 0 Å². The minimum absolute atomic E-state index is 0.696. The lowest BCUT2D eigenvalue weighted by Crippen LogP contribution is -2.17. The standard InChI is InChI=1S/C15H21N5/c1-3-11-9-14(4-2)20(19-11)15-8-7-13(17-18-15)10-16-12-5-6-12/h7-9,12,16H,3-6,10H2,1-2H3. The van der Waals surface area contributed by atoms with Gasteiger partial charge in [0.15, 0.2) is 5.82 Å². The predicted octanol–water partition coefficient (Wildman–Crippen LogP) is 2.04. The largest absolute Gasteiger partial charge is 0.308 e. The Kier molecular flexibility index (Phi) is 3.78. The van der Waals surface area contributed by atoms with Gasteiger partial charge in [-0.05, 0) is 43.9 Å². The first kappa shape index (κ1) is 13.2. The second-order valence-corrected chi connectivity index (χ2v) is 5.28. The van der Waals surface area contributed by atoms with Gasteiger partial charge in [-0.15, -0.1) is 5.10 Å². The van der Waals surface area contributed by atoms with E-state index in [1.165, 1.54) is 18.5 Å². The molecule has 3 rings (SSSR count). The Labute approximate surface area is 119 Å². The Hall–Kier alpha value is -1.75. The quantitative estimate of drug-likeness (QED) is 0.873. The molecule has 0 saturated heterocycles. The summed E-state index contributed by atoms with van der Waals surface area (Å²) < 4.78 is 1.91. The van der Waals surface area contributed by atoms with Crippen LogP contribution in [-0.4, -0.2) is 26.0 Å². The van der Waals surface area contributed by atoms with E-state index in [1.807, 2.05) is 16.8 Å². The van der Waals surface area contributed by atoms with Crippen LogP contribution in [0.25, 0.3) is 5.82 Å². The third-order valence-corrected chi connectivity index (χ3v) is 3.63. The number of aryl methyl sites for hydroxylation is 2. The van der Waals surface area contributed by atoms with E-state index in [0.717, 1.165) is 36.6 Å². The molecule has 2 aromatic heterocycles. The lowest BCUT2D eigenvalue weighted by atomic mass is 10.2. The third kappa shape index (κ3) is 2.88. The van der Waals surface area contributed by atoms with Crippen LogP contribution in [0.5, 0.6) is 0 Å². The zero-order valence-electron chi connectivity index (χ0n) is 12.1. The van der Waals surface area contributed by atoms with Gasteiger partial charge in [0.05, 0.1) is 11.4 Å². The van der Waals surface area contributed by atoms with E-state index in [1.54, 1.807) is 0 Å². The van der Waals surface area contributed by atoms with E-state index >= 15 is 0 Å². The summed E-state index contributed by atoms with van der Waals surface area (Å²) in [5.74, 6) is 0.803. The molecule has 0 radical (unpaired) electrons. The molecule has 0 bridgehead atoms. The van der Waals surface area contributed by atoms with Crippen molar-refractivity contribution in [2.75, 3.05) is 0 Å². The van der Waals surface area contributed by atoms with Crippen molar-refractivity contribution in [2.24, 2.45) is 0 Å². The number of hydrogen-bond donors (Lipinski definition) is 1. The first-order valence-corrected chi connectivity index (χ1v) is 7.44. The maximum atomic E-state index is 4.58. The normalized spacial score (nSPS) is 14.7. The van der Waals surface area contributed by atoms with Crippen LogP contribution in [-0.2, 0) is 19.4 Å². The van der Waals surface area contributed by atoms with Crippen LogP contribution in [0.15, 0.2) is 18.2 Å². The number of nitrogens with one attached hydrogen (secondary N) is 1. The number of aromatic nitrogens is 4. The molecule has 106 valence electrons. The average molecular weight is 271 g/mol. The maximum Gasteiger partial charge on any atom is 0.175 e. The van der Waals surface area contributed by atoms with Gasteiger partial charge in [0.25, 0.3) is 0 Å². The van der Waals surface area contributed by atoms with Crippen LogP contribution in [0.2, 0.25) is 0 Å². The van der Waals surface area contributed by atoms with Gasteiger partial charge in [-0.2, -0.15) is 10.2 Å². The Morgan fingerprint density at radius 2 is 2.00 bits per heavy atom. The van der Waals surface area contributed by atoms with Gasteiger partial charge in [0.1, 0.15) is 0 Å². The molecule has 0 unspecified atom stereocenters. The molecule has 1 fully saturated rings. The minimum atomic E-state index is 0.696. The number of hydrogen-bond acceptors (Lipinski definition) is 4. The van der Waals surface area contributed by atoms with Crippen molar-refractivity contribution in [1.82, 2.24) is 25.3 Å². The SMILES string of the molecule is CCc1cc(CC)n(-c2ccc(CNC3CC3)nn2)n1. The molecule has 5 heteroatoms. The fourth-order valence-electron chi connectivity index (χ4n) is 2.19. The highest BCUT2D eigenvalue weighted by Crippen LogP contribution is 2.19. The van der Waals surface area contributed by atoms with E-state index < -0.39 is 0 Å². The van der Waals surface area contributed by atoms with Crippen LogP contribution < -0.4 is 5.32 Å². The van der Waals surface area contributed by atoms with Crippen LogP contribution >= 0.6 is 0 Å². The van der Waals surface area contributed by atoms with Gasteiger partial charge in [0, 0.05) is 18.3 Å². The first-order valence-electron chi connectivity index (χ1n) is 7.44. The predicted molar refractivity (Wildman–Crippen MR) is 77.8 cm³/mol. The van der Waals surface area contributed by atoms with Crippen molar-refractivity contribution in [1.29, 1.82) is 0 Å². The second-order valence-electron chi connectivity index (χ2n) is 5.28. The highest BCUT2D eigenvalue weighted by Gasteiger charge is 2.20. The average Bonchev–Trinajstić information content (AvgIpc) is 3.23. The summed E-state index contributed by atoms with van der Waals surface area (Å²) in [6.45, 7) is 5.05. The van der Waals surface area contributed by atoms with Crippen LogP contribution in [0.4, 0.5) is 0 Å². The van der Waals surface area contributed by atoms with Crippen LogP contribution in [0.3, 0.4) is 0 Å². The van der Waals surface area contributed by atoms with E-state index in [0.29, 0.717) is 6.04 Å². The van der Waals surface area contributed by atoms with Crippen LogP contribution in [0.1, 0.15) is 43.8 Å². The lowest BCUT2D eigenvalue weighted by molar-refractivity contribution is 0.659. The Bertz CT molecular complexity index is 568. The van der Waals surface area contributed by atoms with Crippen LogP contribution in [0, 0.1) is 0 Å². The lowest BCUT2D eigenvalue weighted by Gasteiger charge is -2.05. The molecule has 0 spiro atoms. The molecule has 0 amide bonds. The van der Waals surface area contributed by atoms with Gasteiger partial charge in [-0.1, -0.05) is 13.8 Å². The molecule has 0 aromatic carbocycles. The Balaban J connectivity index is 1.77.